The average molecular weight is 504 g/mol. The highest BCUT2D eigenvalue weighted by Crippen LogP contribution is 2.16. The average Bonchev–Trinajstić information content (AvgIpc) is 3.18. The summed E-state index contributed by atoms with van der Waals surface area (Å²) < 4.78 is 0. The van der Waals surface area contributed by atoms with Gasteiger partial charge in [-0.3, -0.25) is 14.5 Å². The summed E-state index contributed by atoms with van der Waals surface area (Å²) in [4.78, 5) is 35.2. The summed E-state index contributed by atoms with van der Waals surface area (Å²) in [5.41, 5.74) is 0. The van der Waals surface area contributed by atoms with Gasteiger partial charge in [-0.05, 0) is 19.8 Å². The molecule has 0 aromatic heterocycles. The first-order chi connectivity index (χ1) is 17.6. The van der Waals surface area contributed by atoms with Crippen LogP contribution in [0.3, 0.4) is 0 Å². The number of hydrogen-bond acceptors (Lipinski definition) is 3. The number of ketones is 1. The highest BCUT2D eigenvalue weighted by atomic mass is 16.2. The van der Waals surface area contributed by atoms with Gasteiger partial charge in [0.25, 0.3) is 11.8 Å². The Morgan fingerprint density at radius 1 is 0.472 bits per heavy atom. The zero-order valence-electron chi connectivity index (χ0n) is 23.7. The van der Waals surface area contributed by atoms with Crippen molar-refractivity contribution in [1.29, 1.82) is 0 Å². The number of rotatable bonds is 27. The number of amides is 2. The van der Waals surface area contributed by atoms with Gasteiger partial charge in [0, 0.05) is 25.1 Å². The van der Waals surface area contributed by atoms with E-state index in [1.54, 1.807) is 6.92 Å². The summed E-state index contributed by atoms with van der Waals surface area (Å²) in [6.45, 7) is 2.28. The SMILES string of the molecule is CC(=O)CCCCCCCCCCCCCCCCCCCCCCCCCCN1C(=O)C=CC1=O. The van der Waals surface area contributed by atoms with Gasteiger partial charge in [-0.15, -0.1) is 0 Å². The van der Waals surface area contributed by atoms with Gasteiger partial charge in [-0.25, -0.2) is 0 Å². The lowest BCUT2D eigenvalue weighted by molar-refractivity contribution is -0.136. The van der Waals surface area contributed by atoms with Crippen LogP contribution in [0.5, 0.6) is 0 Å². The lowest BCUT2D eigenvalue weighted by Gasteiger charge is -2.12. The van der Waals surface area contributed by atoms with Crippen molar-refractivity contribution in [3.05, 3.63) is 12.2 Å². The molecule has 0 aromatic carbocycles. The van der Waals surface area contributed by atoms with Crippen molar-refractivity contribution >= 4 is 17.6 Å². The standard InChI is InChI=1S/C32H57NO3/c1-30(34)26-24-22-20-18-16-14-12-10-8-6-4-2-3-5-7-9-11-13-15-17-19-21-23-25-29-33-31(35)27-28-32(33)36/h27-28H,2-26,29H2,1H3. The number of imide groups is 1. The molecule has 0 unspecified atom stereocenters. The first-order valence-electron chi connectivity index (χ1n) is 15.6. The molecule has 0 fully saturated rings. The van der Waals surface area contributed by atoms with Crippen LogP contribution in [0.15, 0.2) is 12.2 Å². The van der Waals surface area contributed by atoms with E-state index in [0.717, 1.165) is 25.7 Å². The minimum Gasteiger partial charge on any atom is -0.300 e. The van der Waals surface area contributed by atoms with Gasteiger partial charge in [-0.2, -0.15) is 0 Å². The molecule has 0 saturated carbocycles. The maximum atomic E-state index is 11.5. The number of unbranched alkanes of at least 4 members (excludes halogenated alkanes) is 23. The van der Waals surface area contributed by atoms with E-state index < -0.39 is 0 Å². The Labute approximate surface area is 223 Å². The number of hydrogen-bond donors (Lipinski definition) is 0. The van der Waals surface area contributed by atoms with Gasteiger partial charge < -0.3 is 4.79 Å². The molecule has 0 saturated heterocycles. The van der Waals surface area contributed by atoms with Crippen LogP contribution in [0.2, 0.25) is 0 Å². The van der Waals surface area contributed by atoms with E-state index in [9.17, 15) is 14.4 Å². The van der Waals surface area contributed by atoms with E-state index >= 15 is 0 Å². The second kappa shape index (κ2) is 23.9. The van der Waals surface area contributed by atoms with Crippen LogP contribution in [0.25, 0.3) is 0 Å². The van der Waals surface area contributed by atoms with Gasteiger partial charge in [0.1, 0.15) is 5.78 Å². The predicted molar refractivity (Wildman–Crippen MR) is 152 cm³/mol. The van der Waals surface area contributed by atoms with Crippen LogP contribution in [0.4, 0.5) is 0 Å². The third-order valence-electron chi connectivity index (χ3n) is 7.56. The van der Waals surface area contributed by atoms with Gasteiger partial charge >= 0.3 is 0 Å². The fourth-order valence-corrected chi connectivity index (χ4v) is 5.18. The Morgan fingerprint density at radius 2 is 0.722 bits per heavy atom. The van der Waals surface area contributed by atoms with Crippen molar-refractivity contribution in [1.82, 2.24) is 4.90 Å². The van der Waals surface area contributed by atoms with Crippen molar-refractivity contribution in [3.63, 3.8) is 0 Å². The summed E-state index contributed by atoms with van der Waals surface area (Å²) in [7, 11) is 0. The molecule has 1 aliphatic heterocycles. The third-order valence-corrected chi connectivity index (χ3v) is 7.56. The van der Waals surface area contributed by atoms with E-state index in [0.29, 0.717) is 12.3 Å². The first kappa shape index (κ1) is 32.6. The molecule has 0 aliphatic carbocycles. The van der Waals surface area contributed by atoms with Gasteiger partial charge in [0.15, 0.2) is 0 Å². The number of nitrogens with zero attached hydrogens (tertiary/aromatic N) is 1. The normalized spacial score (nSPS) is 13.3. The van der Waals surface area contributed by atoms with Crippen LogP contribution in [-0.2, 0) is 14.4 Å². The molecular weight excluding hydrogens is 446 g/mol. The Morgan fingerprint density at radius 3 is 1.00 bits per heavy atom. The summed E-state index contributed by atoms with van der Waals surface area (Å²) in [6.07, 6.45) is 35.5. The smallest absolute Gasteiger partial charge is 0.253 e. The van der Waals surface area contributed by atoms with Gasteiger partial charge in [-0.1, -0.05) is 141 Å². The molecule has 0 atom stereocenters. The van der Waals surface area contributed by atoms with Gasteiger partial charge in [0.05, 0.1) is 0 Å². The maximum Gasteiger partial charge on any atom is 0.253 e. The summed E-state index contributed by atoms with van der Waals surface area (Å²) in [5.74, 6) is 0.0384. The fourth-order valence-electron chi connectivity index (χ4n) is 5.18. The van der Waals surface area contributed by atoms with Crippen LogP contribution in [0, 0.1) is 0 Å². The molecule has 2 amide bonds. The van der Waals surface area contributed by atoms with E-state index in [-0.39, 0.29) is 11.8 Å². The summed E-state index contributed by atoms with van der Waals surface area (Å²) >= 11 is 0. The number of Topliss-reactive ketones (excluding diaryl/α,β-unsaturated/α-hetero) is 1. The van der Waals surface area contributed by atoms with Crippen molar-refractivity contribution in [2.45, 2.75) is 167 Å². The highest BCUT2D eigenvalue weighted by Gasteiger charge is 2.22. The molecule has 0 spiro atoms. The summed E-state index contributed by atoms with van der Waals surface area (Å²) in [6, 6.07) is 0. The van der Waals surface area contributed by atoms with E-state index in [2.05, 4.69) is 0 Å². The molecule has 0 bridgehead atoms. The van der Waals surface area contributed by atoms with Crippen LogP contribution in [-0.4, -0.2) is 29.0 Å². The Balaban J connectivity index is 1.66. The highest BCUT2D eigenvalue weighted by molar-refractivity contribution is 6.12. The van der Waals surface area contributed by atoms with Crippen molar-refractivity contribution in [2.24, 2.45) is 0 Å². The molecule has 1 aliphatic rings. The minimum atomic E-state index is -0.150. The Kier molecular flexibility index (Phi) is 21.6. The molecule has 0 N–H and O–H groups in total. The van der Waals surface area contributed by atoms with Crippen LogP contribution >= 0.6 is 0 Å². The van der Waals surface area contributed by atoms with E-state index in [1.165, 1.54) is 152 Å². The monoisotopic (exact) mass is 503 g/mol. The molecular formula is C32H57NO3. The zero-order valence-corrected chi connectivity index (χ0v) is 23.7. The second-order valence-electron chi connectivity index (χ2n) is 11.1. The molecule has 0 aromatic rings. The zero-order chi connectivity index (χ0) is 26.1. The Bertz CT molecular complexity index is 580. The predicted octanol–water partition coefficient (Wildman–Crippen LogP) is 9.25. The van der Waals surface area contributed by atoms with Crippen molar-refractivity contribution in [3.8, 4) is 0 Å². The van der Waals surface area contributed by atoms with Crippen LogP contribution < -0.4 is 0 Å². The largest absolute Gasteiger partial charge is 0.300 e. The first-order valence-corrected chi connectivity index (χ1v) is 15.6. The van der Waals surface area contributed by atoms with Crippen molar-refractivity contribution in [2.75, 3.05) is 6.54 Å². The van der Waals surface area contributed by atoms with E-state index in [4.69, 9.17) is 0 Å². The molecule has 1 heterocycles. The molecule has 4 nitrogen and oxygen atoms in total. The summed E-state index contributed by atoms with van der Waals surface area (Å²) in [5, 5.41) is 0. The molecule has 208 valence electrons. The van der Waals surface area contributed by atoms with Crippen molar-refractivity contribution < 1.29 is 14.4 Å². The lowest BCUT2D eigenvalue weighted by atomic mass is 10.0. The molecule has 0 radical (unpaired) electrons. The third kappa shape index (κ3) is 19.7. The van der Waals surface area contributed by atoms with Gasteiger partial charge in [0.2, 0.25) is 0 Å². The van der Waals surface area contributed by atoms with Crippen LogP contribution in [0.1, 0.15) is 167 Å². The quantitative estimate of drug-likeness (QED) is 0.0829. The van der Waals surface area contributed by atoms with E-state index in [1.807, 2.05) is 0 Å². The Hall–Kier alpha value is -1.45. The molecule has 36 heavy (non-hydrogen) atoms. The molecule has 4 heteroatoms. The maximum absolute atomic E-state index is 11.5. The topological polar surface area (TPSA) is 54.5 Å². The molecule has 1 rings (SSSR count). The lowest BCUT2D eigenvalue weighted by Crippen LogP contribution is -2.30. The fraction of sp³-hybridized carbons (Fsp3) is 0.844. The number of carbonyl (C=O) groups excluding carboxylic acids is 3. The number of carbonyl (C=O) groups is 3. The second-order valence-corrected chi connectivity index (χ2v) is 11.1. The minimum absolute atomic E-state index is 0.150.